The predicted molar refractivity (Wildman–Crippen MR) is 88.3 cm³/mol. The summed E-state index contributed by atoms with van der Waals surface area (Å²) in [5, 5.41) is 50.0. The molecule has 0 aromatic carbocycles. The first kappa shape index (κ1) is 21.3. The van der Waals surface area contributed by atoms with Gasteiger partial charge in [-0.1, -0.05) is 0 Å². The fourth-order valence-electron chi connectivity index (χ4n) is 3.67. The van der Waals surface area contributed by atoms with E-state index in [1.54, 1.807) is 6.92 Å². The molecule has 0 aromatic rings. The van der Waals surface area contributed by atoms with Crippen LogP contribution < -0.4 is 0 Å². The molecule has 158 valence electrons. The lowest BCUT2D eigenvalue weighted by atomic mass is 9.89. The van der Waals surface area contributed by atoms with Crippen molar-refractivity contribution in [3.05, 3.63) is 0 Å². The van der Waals surface area contributed by atoms with Crippen LogP contribution in [0.1, 0.15) is 33.1 Å². The molecule has 0 bridgehead atoms. The first-order valence-corrected chi connectivity index (χ1v) is 9.31. The number of rotatable bonds is 4. The molecular formula is C17H30O10. The third kappa shape index (κ3) is 4.96. The van der Waals surface area contributed by atoms with Crippen LogP contribution in [-0.2, 0) is 23.7 Å². The van der Waals surface area contributed by atoms with Gasteiger partial charge >= 0.3 is 0 Å². The van der Waals surface area contributed by atoms with Crippen LogP contribution in [0.2, 0.25) is 0 Å². The summed E-state index contributed by atoms with van der Waals surface area (Å²) in [7, 11) is 0. The van der Waals surface area contributed by atoms with Crippen molar-refractivity contribution in [3.63, 3.8) is 0 Å². The Bertz CT molecular complexity index is 488. The Morgan fingerprint density at radius 3 is 2.41 bits per heavy atom. The molecule has 3 rings (SSSR count). The van der Waals surface area contributed by atoms with Gasteiger partial charge in [-0.15, -0.1) is 0 Å². The van der Waals surface area contributed by atoms with E-state index in [0.717, 1.165) is 0 Å². The van der Waals surface area contributed by atoms with Gasteiger partial charge in [-0.05, 0) is 20.3 Å². The van der Waals surface area contributed by atoms with Crippen molar-refractivity contribution in [1.82, 2.24) is 0 Å². The van der Waals surface area contributed by atoms with Crippen LogP contribution in [0, 0.1) is 0 Å². The highest BCUT2D eigenvalue weighted by Gasteiger charge is 2.45. The summed E-state index contributed by atoms with van der Waals surface area (Å²) in [4.78, 5) is 0. The van der Waals surface area contributed by atoms with Crippen molar-refractivity contribution >= 4 is 0 Å². The van der Waals surface area contributed by atoms with E-state index >= 15 is 0 Å². The van der Waals surface area contributed by atoms with Crippen molar-refractivity contribution in [2.24, 2.45) is 0 Å². The molecule has 0 radical (unpaired) electrons. The minimum atomic E-state index is -1.36. The molecule has 0 amide bonds. The molecule has 10 nitrogen and oxygen atoms in total. The summed E-state index contributed by atoms with van der Waals surface area (Å²) in [5.74, 6) is 0. The molecule has 0 aromatic heterocycles. The lowest BCUT2D eigenvalue weighted by Crippen LogP contribution is -2.57. The zero-order valence-electron chi connectivity index (χ0n) is 15.5. The van der Waals surface area contributed by atoms with Crippen LogP contribution in [0.5, 0.6) is 0 Å². The van der Waals surface area contributed by atoms with Gasteiger partial charge in [0.15, 0.2) is 18.9 Å². The second kappa shape index (κ2) is 8.54. The highest BCUT2D eigenvalue weighted by Crippen LogP contribution is 2.32. The Balaban J connectivity index is 1.56. The highest BCUT2D eigenvalue weighted by molar-refractivity contribution is 4.91. The fourth-order valence-corrected chi connectivity index (χ4v) is 3.67. The SMILES string of the molecule is C[C@H]1O[C@H](O[C@@H]2C[C@H](O[C@@H]3CCO[C@H](O)[C@H]3O)OC[C@H]2O)C[C@](C)(O)[C@@H]1O. The first-order chi connectivity index (χ1) is 12.7. The quantitative estimate of drug-likeness (QED) is 0.370. The molecule has 3 fully saturated rings. The minimum Gasteiger partial charge on any atom is -0.388 e. The number of ether oxygens (including phenoxy) is 5. The predicted octanol–water partition coefficient (Wildman–Crippen LogP) is -1.79. The van der Waals surface area contributed by atoms with Crippen LogP contribution in [0.4, 0.5) is 0 Å². The van der Waals surface area contributed by atoms with E-state index in [4.69, 9.17) is 23.7 Å². The molecule has 10 atom stereocenters. The maximum absolute atomic E-state index is 10.3. The van der Waals surface area contributed by atoms with Gasteiger partial charge in [0.2, 0.25) is 0 Å². The van der Waals surface area contributed by atoms with E-state index in [-0.39, 0.29) is 26.1 Å². The molecule has 0 unspecified atom stereocenters. The Kier molecular flexibility index (Phi) is 6.74. The number of aliphatic hydroxyl groups excluding tert-OH is 4. The van der Waals surface area contributed by atoms with Crippen molar-refractivity contribution in [1.29, 1.82) is 0 Å². The Hall–Kier alpha value is -0.400. The van der Waals surface area contributed by atoms with Gasteiger partial charge < -0.3 is 49.2 Å². The molecule has 0 saturated carbocycles. The average Bonchev–Trinajstić information content (AvgIpc) is 2.59. The van der Waals surface area contributed by atoms with Gasteiger partial charge in [-0.25, -0.2) is 0 Å². The monoisotopic (exact) mass is 394 g/mol. The molecule has 0 aliphatic carbocycles. The summed E-state index contributed by atoms with van der Waals surface area (Å²) in [6, 6.07) is 0. The number of hydrogen-bond donors (Lipinski definition) is 5. The van der Waals surface area contributed by atoms with Gasteiger partial charge in [0.25, 0.3) is 0 Å². The lowest BCUT2D eigenvalue weighted by molar-refractivity contribution is -0.320. The molecule has 10 heteroatoms. The van der Waals surface area contributed by atoms with E-state index in [2.05, 4.69) is 0 Å². The smallest absolute Gasteiger partial charge is 0.183 e. The van der Waals surface area contributed by atoms with E-state index < -0.39 is 61.1 Å². The third-order valence-electron chi connectivity index (χ3n) is 5.35. The van der Waals surface area contributed by atoms with Crippen molar-refractivity contribution in [2.45, 2.75) is 94.2 Å². The molecule has 3 aliphatic heterocycles. The third-order valence-corrected chi connectivity index (χ3v) is 5.35. The van der Waals surface area contributed by atoms with Gasteiger partial charge in [-0.2, -0.15) is 0 Å². The molecular weight excluding hydrogens is 364 g/mol. The normalized spacial score (nSPS) is 51.9. The summed E-state index contributed by atoms with van der Waals surface area (Å²) < 4.78 is 27.5. The molecule has 0 spiro atoms. The molecule has 3 saturated heterocycles. The molecule has 5 N–H and O–H groups in total. The van der Waals surface area contributed by atoms with Crippen LogP contribution in [0.25, 0.3) is 0 Å². The van der Waals surface area contributed by atoms with E-state index in [0.29, 0.717) is 6.42 Å². The van der Waals surface area contributed by atoms with Crippen molar-refractivity contribution in [2.75, 3.05) is 13.2 Å². The summed E-state index contributed by atoms with van der Waals surface area (Å²) >= 11 is 0. The second-order valence-electron chi connectivity index (χ2n) is 7.73. The van der Waals surface area contributed by atoms with Crippen LogP contribution in [0.15, 0.2) is 0 Å². The topological polar surface area (TPSA) is 147 Å². The second-order valence-corrected chi connectivity index (χ2v) is 7.73. The van der Waals surface area contributed by atoms with E-state index in [9.17, 15) is 25.5 Å². The maximum Gasteiger partial charge on any atom is 0.183 e. The first-order valence-electron chi connectivity index (χ1n) is 9.31. The Morgan fingerprint density at radius 2 is 1.70 bits per heavy atom. The summed E-state index contributed by atoms with van der Waals surface area (Å²) in [5.41, 5.74) is -1.36. The summed E-state index contributed by atoms with van der Waals surface area (Å²) in [6.07, 6.45) is -7.30. The number of aliphatic hydroxyl groups is 5. The maximum atomic E-state index is 10.3. The molecule has 27 heavy (non-hydrogen) atoms. The lowest BCUT2D eigenvalue weighted by Gasteiger charge is -2.44. The fraction of sp³-hybridized carbons (Fsp3) is 1.00. The van der Waals surface area contributed by atoms with Crippen LogP contribution in [0.3, 0.4) is 0 Å². The largest absolute Gasteiger partial charge is 0.388 e. The molecule has 3 heterocycles. The Labute approximate surface area is 157 Å². The highest BCUT2D eigenvalue weighted by atomic mass is 16.7. The zero-order chi connectivity index (χ0) is 19.8. The van der Waals surface area contributed by atoms with Crippen LogP contribution >= 0.6 is 0 Å². The van der Waals surface area contributed by atoms with Crippen molar-refractivity contribution in [3.8, 4) is 0 Å². The Morgan fingerprint density at radius 1 is 1.00 bits per heavy atom. The van der Waals surface area contributed by atoms with Gasteiger partial charge in [0.05, 0.1) is 37.1 Å². The minimum absolute atomic E-state index is 0.0293. The van der Waals surface area contributed by atoms with Gasteiger partial charge in [0.1, 0.15) is 18.3 Å². The van der Waals surface area contributed by atoms with Crippen LogP contribution in [-0.4, -0.2) is 99.8 Å². The number of hydrogen-bond acceptors (Lipinski definition) is 10. The molecule has 3 aliphatic rings. The van der Waals surface area contributed by atoms with E-state index in [1.807, 2.05) is 0 Å². The van der Waals surface area contributed by atoms with Crippen molar-refractivity contribution < 1.29 is 49.2 Å². The average molecular weight is 394 g/mol. The summed E-state index contributed by atoms with van der Waals surface area (Å²) in [6.45, 7) is 3.37. The van der Waals surface area contributed by atoms with Gasteiger partial charge in [-0.3, -0.25) is 0 Å². The zero-order valence-corrected chi connectivity index (χ0v) is 15.5. The van der Waals surface area contributed by atoms with E-state index in [1.165, 1.54) is 6.92 Å². The standard InChI is InChI=1S/C17H30O10/c1-8-15(20)17(2,22)6-13(25-8)27-11-5-12(24-7-9(11)18)26-10-3-4-23-16(21)14(10)19/h8-16,18-22H,3-7H2,1-2H3/t8-,9-,10-,11-,12+,13-,14+,15-,16+,17+/m1/s1. The van der Waals surface area contributed by atoms with Gasteiger partial charge in [0, 0.05) is 12.8 Å².